The molecule has 0 aliphatic heterocycles. The van der Waals surface area contributed by atoms with E-state index in [9.17, 15) is 10.5 Å². The molecule has 0 heterocycles. The van der Waals surface area contributed by atoms with Crippen LogP contribution in [-0.2, 0) is 4.84 Å². The van der Waals surface area contributed by atoms with E-state index >= 15 is 0 Å². The zero-order chi connectivity index (χ0) is 34.9. The Labute approximate surface area is 287 Å². The van der Waals surface area contributed by atoms with Crippen molar-refractivity contribution in [2.45, 2.75) is 65.8 Å². The molecule has 6 aliphatic carbocycles. The Morgan fingerprint density at radius 1 is 0.917 bits per heavy atom. The number of benzene rings is 1. The van der Waals surface area contributed by atoms with Gasteiger partial charge in [-0.3, -0.25) is 0 Å². The summed E-state index contributed by atoms with van der Waals surface area (Å²) in [6.45, 7) is 17.2. The molecule has 244 valence electrons. The zero-order valence-electron chi connectivity index (χ0n) is 29.7. The number of hydrogen-bond acceptors (Lipinski definition) is 4. The molecule has 0 aromatic heterocycles. The fourth-order valence-electron chi connectivity index (χ4n) is 8.35. The minimum Gasteiger partial charge on any atom is -0.301 e. The van der Waals surface area contributed by atoms with Crippen molar-refractivity contribution in [3.8, 4) is 12.1 Å². The normalized spacial score (nSPS) is 30.1. The smallest absolute Gasteiger partial charge is 0.102 e. The number of likely N-dealkylation sites (N-methyl/N-ethyl adjacent to an activating group) is 1. The standard InChI is InChI=1S/C40H35N3O.2C2H6/c1-6-40-20-17-34-36-31(13-14-32(38(34,40)3)22-33(40)25-42)21-30-12-7-27-16-19-39(23-27,43(4)44-5)18-15-26(2)35(30)37(36)29-10-8-28(24-41)9-11-29;2*1-2/h7-20,22-23,37H,2,6,21H2,1,3-5H3;2*1-2H3/b12-7-,18-15-;;. The van der Waals surface area contributed by atoms with Gasteiger partial charge in [0.2, 0.25) is 0 Å². The van der Waals surface area contributed by atoms with Crippen molar-refractivity contribution in [2.24, 2.45) is 10.8 Å². The molecule has 0 saturated carbocycles. The number of hydrogen-bond donors (Lipinski definition) is 0. The van der Waals surface area contributed by atoms with E-state index in [2.05, 4.69) is 118 Å². The van der Waals surface area contributed by atoms with Crippen molar-refractivity contribution in [3.05, 3.63) is 165 Å². The molecule has 0 saturated heterocycles. The minimum atomic E-state index is -0.520. The van der Waals surface area contributed by atoms with Gasteiger partial charge in [-0.05, 0) is 87.3 Å². The van der Waals surface area contributed by atoms with E-state index in [-0.39, 0.29) is 16.7 Å². The molecule has 48 heavy (non-hydrogen) atoms. The Hall–Kier alpha value is -4.74. The van der Waals surface area contributed by atoms with Gasteiger partial charge in [0, 0.05) is 29.4 Å². The maximum atomic E-state index is 10.3. The number of allylic oxidation sites excluding steroid dienone is 18. The lowest BCUT2D eigenvalue weighted by molar-refractivity contribution is -0.139. The third-order valence-electron chi connectivity index (χ3n) is 10.9. The van der Waals surface area contributed by atoms with Crippen LogP contribution in [0.4, 0.5) is 0 Å². The SMILES string of the molecule is C=C1/C=C\C2(N(C)OC)C=CC(=C2)/C=C\C2=C1C(c1ccc(C#N)cc1)C1=C3C=CC4(CC)C(C#N)=CC(=CC=C1C2)C34C.CC.CC. The van der Waals surface area contributed by atoms with E-state index in [0.29, 0.717) is 5.56 Å². The molecule has 4 nitrogen and oxygen atoms in total. The lowest BCUT2D eigenvalue weighted by Crippen LogP contribution is -2.39. The Bertz CT molecular complexity index is 1920. The second-order valence-corrected chi connectivity index (χ2v) is 12.6. The molecular formula is C44H47N3O. The van der Waals surface area contributed by atoms with Gasteiger partial charge >= 0.3 is 0 Å². The molecule has 7 rings (SSSR count). The van der Waals surface area contributed by atoms with Crippen LogP contribution in [0, 0.1) is 33.5 Å². The van der Waals surface area contributed by atoms with Crippen LogP contribution in [-0.4, -0.2) is 24.8 Å². The van der Waals surface area contributed by atoms with E-state index < -0.39 is 5.54 Å². The first kappa shape index (κ1) is 34.6. The molecule has 2 bridgehead atoms. The van der Waals surface area contributed by atoms with Gasteiger partial charge in [0.25, 0.3) is 0 Å². The molecule has 0 spiro atoms. The average Bonchev–Trinajstić information content (AvgIpc) is 3.73. The highest BCUT2D eigenvalue weighted by Crippen LogP contribution is 2.68. The Morgan fingerprint density at radius 2 is 1.62 bits per heavy atom. The summed E-state index contributed by atoms with van der Waals surface area (Å²) in [4.78, 5) is 5.68. The summed E-state index contributed by atoms with van der Waals surface area (Å²) in [5.74, 6) is -0.113. The van der Waals surface area contributed by atoms with Crippen LogP contribution >= 0.6 is 0 Å². The highest BCUT2D eigenvalue weighted by molar-refractivity contribution is 5.73. The second kappa shape index (κ2) is 13.4. The van der Waals surface area contributed by atoms with Gasteiger partial charge < -0.3 is 4.84 Å². The van der Waals surface area contributed by atoms with E-state index in [1.54, 1.807) is 7.11 Å². The molecule has 1 aromatic carbocycles. The van der Waals surface area contributed by atoms with Crippen molar-refractivity contribution in [3.63, 3.8) is 0 Å². The summed E-state index contributed by atoms with van der Waals surface area (Å²) in [6, 6.07) is 12.9. The molecule has 6 aliphatic rings. The molecule has 0 N–H and O–H groups in total. The third-order valence-corrected chi connectivity index (χ3v) is 10.9. The van der Waals surface area contributed by atoms with Crippen LogP contribution < -0.4 is 0 Å². The first-order chi connectivity index (χ1) is 23.2. The average molecular weight is 634 g/mol. The summed E-state index contributed by atoms with van der Waals surface area (Å²) in [5, 5.41) is 21.7. The number of rotatable bonds is 4. The van der Waals surface area contributed by atoms with Crippen molar-refractivity contribution >= 4 is 0 Å². The summed E-state index contributed by atoms with van der Waals surface area (Å²) in [6.07, 6.45) is 28.1. The van der Waals surface area contributed by atoms with E-state index in [1.807, 2.05) is 51.9 Å². The Balaban J connectivity index is 0.00000109. The lowest BCUT2D eigenvalue weighted by atomic mass is 9.59. The highest BCUT2D eigenvalue weighted by Gasteiger charge is 2.59. The van der Waals surface area contributed by atoms with Gasteiger partial charge in [0.05, 0.1) is 24.8 Å². The summed E-state index contributed by atoms with van der Waals surface area (Å²) >= 11 is 0. The summed E-state index contributed by atoms with van der Waals surface area (Å²) < 4.78 is 0. The van der Waals surface area contributed by atoms with Gasteiger partial charge in [-0.25, -0.2) is 0 Å². The molecule has 4 unspecified atom stereocenters. The minimum absolute atomic E-state index is 0.113. The number of hydroxylamine groups is 2. The van der Waals surface area contributed by atoms with Gasteiger partial charge in [-0.1, -0.05) is 121 Å². The van der Waals surface area contributed by atoms with E-state index in [0.717, 1.165) is 35.1 Å². The van der Waals surface area contributed by atoms with Crippen molar-refractivity contribution in [1.29, 1.82) is 10.5 Å². The number of nitrogens with zero attached hydrogens (tertiary/aromatic N) is 3. The van der Waals surface area contributed by atoms with Crippen LogP contribution in [0.1, 0.15) is 71.4 Å². The maximum absolute atomic E-state index is 10.3. The molecule has 0 amide bonds. The van der Waals surface area contributed by atoms with E-state index in [1.165, 1.54) is 33.4 Å². The predicted octanol–water partition coefficient (Wildman–Crippen LogP) is 10.4. The predicted molar refractivity (Wildman–Crippen MR) is 197 cm³/mol. The van der Waals surface area contributed by atoms with Crippen molar-refractivity contribution in [1.82, 2.24) is 5.06 Å². The highest BCUT2D eigenvalue weighted by atomic mass is 16.7. The van der Waals surface area contributed by atoms with Gasteiger partial charge in [-0.2, -0.15) is 15.6 Å². The Kier molecular flexibility index (Phi) is 9.66. The first-order valence-corrected chi connectivity index (χ1v) is 17.2. The summed E-state index contributed by atoms with van der Waals surface area (Å²) in [5.41, 5.74) is 10.8. The van der Waals surface area contributed by atoms with E-state index in [4.69, 9.17) is 4.84 Å². The fourth-order valence-corrected chi connectivity index (χ4v) is 8.35. The molecule has 0 fully saturated rings. The van der Waals surface area contributed by atoms with Crippen molar-refractivity contribution in [2.75, 3.05) is 14.2 Å². The monoisotopic (exact) mass is 633 g/mol. The topological polar surface area (TPSA) is 60.0 Å². The van der Waals surface area contributed by atoms with Gasteiger partial charge in [0.15, 0.2) is 0 Å². The molecule has 0 radical (unpaired) electrons. The van der Waals surface area contributed by atoms with Crippen LogP contribution in [0.5, 0.6) is 0 Å². The van der Waals surface area contributed by atoms with Crippen LogP contribution in [0.25, 0.3) is 0 Å². The third kappa shape index (κ3) is 4.95. The number of fused-ring (bicyclic) bond motifs is 2. The summed E-state index contributed by atoms with van der Waals surface area (Å²) in [7, 11) is 3.63. The van der Waals surface area contributed by atoms with Gasteiger partial charge in [-0.15, -0.1) is 0 Å². The zero-order valence-corrected chi connectivity index (χ0v) is 29.7. The Morgan fingerprint density at radius 3 is 2.27 bits per heavy atom. The van der Waals surface area contributed by atoms with Crippen LogP contribution in [0.2, 0.25) is 0 Å². The first-order valence-electron chi connectivity index (χ1n) is 17.2. The molecular weight excluding hydrogens is 587 g/mol. The second-order valence-electron chi connectivity index (χ2n) is 12.6. The largest absolute Gasteiger partial charge is 0.301 e. The fraction of sp³-hybridized carbons (Fsp3) is 0.318. The quantitative estimate of drug-likeness (QED) is 0.310. The number of nitriles is 2. The lowest BCUT2D eigenvalue weighted by Gasteiger charge is -2.42. The van der Waals surface area contributed by atoms with Gasteiger partial charge in [0.1, 0.15) is 5.54 Å². The molecule has 4 heteroatoms. The maximum Gasteiger partial charge on any atom is 0.102 e. The van der Waals surface area contributed by atoms with Crippen LogP contribution in [0.15, 0.2) is 154 Å². The van der Waals surface area contributed by atoms with Crippen LogP contribution in [0.3, 0.4) is 0 Å². The van der Waals surface area contributed by atoms with Crippen molar-refractivity contribution < 1.29 is 4.84 Å². The molecule has 4 atom stereocenters. The molecule has 1 aromatic rings.